The molecule has 2 fully saturated rings. The number of aliphatic carboxylic acids is 1. The molecule has 3 aliphatic rings. The van der Waals surface area contributed by atoms with Crippen molar-refractivity contribution < 1.29 is 38.4 Å². The van der Waals surface area contributed by atoms with Gasteiger partial charge in [-0.2, -0.15) is 0 Å². The van der Waals surface area contributed by atoms with Crippen molar-refractivity contribution in [2.45, 2.75) is 133 Å². The number of ketones is 1. The average Bonchev–Trinajstić information content (AvgIpc) is 3.20. The highest BCUT2D eigenvalue weighted by Gasteiger charge is 2.53. The van der Waals surface area contributed by atoms with Gasteiger partial charge in [0.2, 0.25) is 0 Å². The fourth-order valence-electron chi connectivity index (χ4n) is 5.72. The smallest absolute Gasteiger partial charge is 0.332 e. The molecular formula is C30H46O8. The van der Waals surface area contributed by atoms with Crippen LogP contribution in [0, 0.1) is 0 Å². The van der Waals surface area contributed by atoms with Gasteiger partial charge in [-0.15, -0.1) is 0 Å². The van der Waals surface area contributed by atoms with Gasteiger partial charge in [-0.3, -0.25) is 4.79 Å². The van der Waals surface area contributed by atoms with E-state index in [9.17, 15) is 14.4 Å². The minimum absolute atomic E-state index is 0.0627. The molecule has 3 unspecified atom stereocenters. The molecule has 0 aromatic rings. The zero-order chi connectivity index (χ0) is 27.3. The fraction of sp³-hybridized carbons (Fsp3) is 0.767. The number of carbonyl (C=O) groups is 3. The van der Waals surface area contributed by atoms with E-state index in [0.29, 0.717) is 25.7 Å². The van der Waals surface area contributed by atoms with Crippen LogP contribution in [-0.4, -0.2) is 59.6 Å². The van der Waals surface area contributed by atoms with E-state index in [1.54, 1.807) is 12.2 Å². The van der Waals surface area contributed by atoms with E-state index in [-0.39, 0.29) is 11.9 Å². The lowest BCUT2D eigenvalue weighted by atomic mass is 9.91. The van der Waals surface area contributed by atoms with Crippen LogP contribution in [0.15, 0.2) is 24.3 Å². The van der Waals surface area contributed by atoms with Crippen molar-refractivity contribution in [3.8, 4) is 0 Å². The van der Waals surface area contributed by atoms with Crippen molar-refractivity contribution in [3.05, 3.63) is 24.3 Å². The van der Waals surface area contributed by atoms with E-state index in [4.69, 9.17) is 24.1 Å². The van der Waals surface area contributed by atoms with Crippen molar-refractivity contribution in [1.82, 2.24) is 0 Å². The van der Waals surface area contributed by atoms with Crippen LogP contribution in [0.2, 0.25) is 0 Å². The Balaban J connectivity index is 1.46. The Morgan fingerprint density at radius 3 is 2.21 bits per heavy atom. The third kappa shape index (κ3) is 10.3. The topological polar surface area (TPSA) is 108 Å². The van der Waals surface area contributed by atoms with E-state index in [1.807, 2.05) is 0 Å². The highest BCUT2D eigenvalue weighted by atomic mass is 16.7. The van der Waals surface area contributed by atoms with Gasteiger partial charge in [0.15, 0.2) is 11.6 Å². The number of carboxylic acid groups (broad SMARTS) is 1. The SMILES string of the molecule is CCCCCCCCCCCCCC1CC(OC(=O)COCC(=O)O)CC2(CCC3(C=CC(=O)C=C3)O2)O1. The van der Waals surface area contributed by atoms with Gasteiger partial charge in [0.1, 0.15) is 24.9 Å². The Morgan fingerprint density at radius 1 is 0.947 bits per heavy atom. The van der Waals surface area contributed by atoms with Gasteiger partial charge < -0.3 is 24.1 Å². The summed E-state index contributed by atoms with van der Waals surface area (Å²) >= 11 is 0. The van der Waals surface area contributed by atoms with Gasteiger partial charge in [-0.1, -0.05) is 77.6 Å². The highest BCUT2D eigenvalue weighted by Crippen LogP contribution is 2.48. The lowest BCUT2D eigenvalue weighted by molar-refractivity contribution is -0.293. The lowest BCUT2D eigenvalue weighted by Gasteiger charge is -2.43. The predicted octanol–water partition coefficient (Wildman–Crippen LogP) is 5.82. The Hall–Kier alpha value is -2.03. The maximum Gasteiger partial charge on any atom is 0.332 e. The number of hydrogen-bond donors (Lipinski definition) is 1. The zero-order valence-corrected chi connectivity index (χ0v) is 23.0. The molecule has 2 heterocycles. The number of esters is 1. The Labute approximate surface area is 227 Å². The number of ether oxygens (including phenoxy) is 4. The second kappa shape index (κ2) is 15.5. The van der Waals surface area contributed by atoms with Crippen molar-refractivity contribution in [1.29, 1.82) is 0 Å². The number of rotatable bonds is 17. The van der Waals surface area contributed by atoms with Crippen LogP contribution in [0.5, 0.6) is 0 Å². The maximum absolute atomic E-state index is 12.3. The average molecular weight is 535 g/mol. The molecule has 0 saturated carbocycles. The Morgan fingerprint density at radius 2 is 1.58 bits per heavy atom. The highest BCUT2D eigenvalue weighted by molar-refractivity contribution is 6.00. The Bertz CT molecular complexity index is 818. The molecule has 0 radical (unpaired) electrons. The minimum Gasteiger partial charge on any atom is -0.480 e. The molecule has 3 rings (SSSR count). The van der Waals surface area contributed by atoms with Crippen LogP contribution < -0.4 is 0 Å². The van der Waals surface area contributed by atoms with Gasteiger partial charge in [0.05, 0.1) is 6.10 Å². The van der Waals surface area contributed by atoms with Crippen molar-refractivity contribution in [3.63, 3.8) is 0 Å². The molecule has 0 aromatic carbocycles. The standard InChI is InChI=1S/C30H46O8/c1-2-3-4-5-6-7-8-9-10-11-12-13-25-20-26(36-28(34)23-35-22-27(32)33)21-30(37-25)19-18-29(38-30)16-14-24(31)15-17-29/h14-17,25-26H,2-13,18-23H2,1H3,(H,32,33). The summed E-state index contributed by atoms with van der Waals surface area (Å²) in [7, 11) is 0. The second-order valence-corrected chi connectivity index (χ2v) is 11.0. The molecule has 38 heavy (non-hydrogen) atoms. The monoisotopic (exact) mass is 534 g/mol. The third-order valence-corrected chi connectivity index (χ3v) is 7.65. The van der Waals surface area contributed by atoms with Gasteiger partial charge in [-0.05, 0) is 37.1 Å². The summed E-state index contributed by atoms with van der Waals surface area (Å²) in [6.45, 7) is 1.30. The number of carbonyl (C=O) groups excluding carboxylic acids is 2. The first-order valence-electron chi connectivity index (χ1n) is 14.6. The summed E-state index contributed by atoms with van der Waals surface area (Å²) in [4.78, 5) is 34.6. The fourth-order valence-corrected chi connectivity index (χ4v) is 5.72. The largest absolute Gasteiger partial charge is 0.480 e. The zero-order valence-electron chi connectivity index (χ0n) is 23.0. The molecule has 214 valence electrons. The summed E-state index contributed by atoms with van der Waals surface area (Å²) in [5.41, 5.74) is -0.675. The van der Waals surface area contributed by atoms with Crippen LogP contribution in [0.1, 0.15) is 110 Å². The van der Waals surface area contributed by atoms with Gasteiger partial charge >= 0.3 is 11.9 Å². The molecule has 3 atom stereocenters. The number of unbranched alkanes of at least 4 members (excludes halogenated alkanes) is 10. The van der Waals surface area contributed by atoms with E-state index in [1.165, 1.54) is 69.9 Å². The van der Waals surface area contributed by atoms with Crippen molar-refractivity contribution >= 4 is 17.7 Å². The third-order valence-electron chi connectivity index (χ3n) is 7.65. The predicted molar refractivity (Wildman–Crippen MR) is 143 cm³/mol. The van der Waals surface area contributed by atoms with Gasteiger partial charge in [-0.25, -0.2) is 9.59 Å². The first kappa shape index (κ1) is 30.5. The quantitative estimate of drug-likeness (QED) is 0.184. The summed E-state index contributed by atoms with van der Waals surface area (Å²) in [6, 6.07) is 0. The summed E-state index contributed by atoms with van der Waals surface area (Å²) in [5.74, 6) is -2.67. The van der Waals surface area contributed by atoms with Crippen LogP contribution >= 0.6 is 0 Å². The lowest BCUT2D eigenvalue weighted by Crippen LogP contribution is -2.48. The van der Waals surface area contributed by atoms with Crippen LogP contribution in [0.4, 0.5) is 0 Å². The molecular weight excluding hydrogens is 488 g/mol. The molecule has 2 spiro atoms. The van der Waals surface area contributed by atoms with Crippen molar-refractivity contribution in [2.75, 3.05) is 13.2 Å². The van der Waals surface area contributed by atoms with E-state index in [2.05, 4.69) is 6.92 Å². The van der Waals surface area contributed by atoms with Crippen LogP contribution in [0.25, 0.3) is 0 Å². The number of carboxylic acids is 1. The van der Waals surface area contributed by atoms with E-state index in [0.717, 1.165) is 19.3 Å². The summed E-state index contributed by atoms with van der Waals surface area (Å²) < 4.78 is 23.6. The molecule has 0 bridgehead atoms. The molecule has 8 heteroatoms. The minimum atomic E-state index is -1.13. The van der Waals surface area contributed by atoms with Crippen LogP contribution in [-0.2, 0) is 33.3 Å². The Kier molecular flexibility index (Phi) is 12.5. The van der Waals surface area contributed by atoms with Gasteiger partial charge in [0, 0.05) is 19.3 Å². The molecule has 1 N–H and O–H groups in total. The molecule has 0 amide bonds. The normalized spacial score (nSPS) is 25.9. The van der Waals surface area contributed by atoms with E-state index < -0.39 is 42.6 Å². The maximum atomic E-state index is 12.3. The first-order valence-corrected chi connectivity index (χ1v) is 14.6. The number of allylic oxidation sites excluding steroid dienone is 2. The summed E-state index contributed by atoms with van der Waals surface area (Å²) in [5, 5.41) is 8.72. The molecule has 0 aromatic heterocycles. The van der Waals surface area contributed by atoms with Crippen LogP contribution in [0.3, 0.4) is 0 Å². The van der Waals surface area contributed by atoms with Crippen molar-refractivity contribution in [2.24, 2.45) is 0 Å². The molecule has 2 aliphatic heterocycles. The molecule has 2 saturated heterocycles. The van der Waals surface area contributed by atoms with E-state index >= 15 is 0 Å². The molecule has 1 aliphatic carbocycles. The molecule has 8 nitrogen and oxygen atoms in total. The van der Waals surface area contributed by atoms with Gasteiger partial charge in [0.25, 0.3) is 0 Å². The second-order valence-electron chi connectivity index (χ2n) is 11.0. The first-order chi connectivity index (χ1) is 18.3. The summed E-state index contributed by atoms with van der Waals surface area (Å²) in [6.07, 6.45) is 23.3. The number of hydrogen-bond acceptors (Lipinski definition) is 7.